The van der Waals surface area contributed by atoms with E-state index in [4.69, 9.17) is 18.9 Å². The number of hydrogen-bond donors (Lipinski definition) is 0. The van der Waals surface area contributed by atoms with Crippen molar-refractivity contribution in [1.82, 2.24) is 0 Å². The SMILES string of the molecule is C=C(COCCCOC)C(OC)=C(C)OC. The highest BCUT2D eigenvalue weighted by Gasteiger charge is 2.08. The van der Waals surface area contributed by atoms with E-state index in [0.29, 0.717) is 31.3 Å². The van der Waals surface area contributed by atoms with Crippen LogP contribution in [0.2, 0.25) is 0 Å². The minimum Gasteiger partial charge on any atom is -0.498 e. The van der Waals surface area contributed by atoms with E-state index in [9.17, 15) is 0 Å². The third-order valence-corrected chi connectivity index (χ3v) is 2.06. The molecule has 16 heavy (non-hydrogen) atoms. The van der Waals surface area contributed by atoms with Crippen molar-refractivity contribution >= 4 is 0 Å². The zero-order valence-electron chi connectivity index (χ0n) is 10.7. The lowest BCUT2D eigenvalue weighted by atomic mass is 10.2. The van der Waals surface area contributed by atoms with E-state index in [1.807, 2.05) is 6.92 Å². The average molecular weight is 230 g/mol. The summed E-state index contributed by atoms with van der Waals surface area (Å²) in [5, 5.41) is 0. The van der Waals surface area contributed by atoms with Gasteiger partial charge in [-0.05, 0) is 13.3 Å². The monoisotopic (exact) mass is 230 g/mol. The maximum absolute atomic E-state index is 5.43. The standard InChI is InChI=1S/C12H22O4/c1-10(9-16-8-6-7-13-3)12(15-5)11(2)14-4/h1,6-9H2,2-5H3. The van der Waals surface area contributed by atoms with Crippen LogP contribution in [-0.4, -0.2) is 41.2 Å². The summed E-state index contributed by atoms with van der Waals surface area (Å²) >= 11 is 0. The first-order valence-electron chi connectivity index (χ1n) is 5.21. The lowest BCUT2D eigenvalue weighted by molar-refractivity contribution is 0.113. The van der Waals surface area contributed by atoms with Gasteiger partial charge in [0.1, 0.15) is 5.76 Å². The van der Waals surface area contributed by atoms with Gasteiger partial charge in [0.25, 0.3) is 0 Å². The first-order chi connectivity index (χ1) is 7.67. The van der Waals surface area contributed by atoms with Gasteiger partial charge >= 0.3 is 0 Å². The summed E-state index contributed by atoms with van der Waals surface area (Å²) in [6.45, 7) is 7.51. The molecular weight excluding hydrogens is 208 g/mol. The normalized spacial score (nSPS) is 12.0. The maximum atomic E-state index is 5.43. The van der Waals surface area contributed by atoms with Crippen LogP contribution in [0.4, 0.5) is 0 Å². The summed E-state index contributed by atoms with van der Waals surface area (Å²) in [7, 11) is 4.86. The fraction of sp³-hybridized carbons (Fsp3) is 0.667. The molecule has 0 aliphatic carbocycles. The molecule has 0 amide bonds. The Hall–Kier alpha value is -1.00. The van der Waals surface area contributed by atoms with Gasteiger partial charge in [0, 0.05) is 25.9 Å². The van der Waals surface area contributed by atoms with E-state index in [1.165, 1.54) is 0 Å². The molecule has 0 saturated heterocycles. The van der Waals surface area contributed by atoms with Crippen LogP contribution in [0, 0.1) is 0 Å². The van der Waals surface area contributed by atoms with Crippen molar-refractivity contribution in [1.29, 1.82) is 0 Å². The molecule has 0 aliphatic rings. The molecule has 0 aromatic heterocycles. The van der Waals surface area contributed by atoms with Crippen molar-refractivity contribution in [3.05, 3.63) is 23.7 Å². The Kier molecular flexibility index (Phi) is 8.66. The summed E-state index contributed by atoms with van der Waals surface area (Å²) in [4.78, 5) is 0. The second kappa shape index (κ2) is 9.24. The lowest BCUT2D eigenvalue weighted by Gasteiger charge is -2.12. The highest BCUT2D eigenvalue weighted by Crippen LogP contribution is 2.14. The van der Waals surface area contributed by atoms with Gasteiger partial charge < -0.3 is 18.9 Å². The predicted octanol–water partition coefficient (Wildman–Crippen LogP) is 2.12. The fourth-order valence-corrected chi connectivity index (χ4v) is 1.20. The van der Waals surface area contributed by atoms with Gasteiger partial charge in [0.15, 0.2) is 5.76 Å². The van der Waals surface area contributed by atoms with Crippen LogP contribution in [0.3, 0.4) is 0 Å². The van der Waals surface area contributed by atoms with Crippen molar-refractivity contribution in [3.63, 3.8) is 0 Å². The third kappa shape index (κ3) is 5.78. The number of allylic oxidation sites excluding steroid dienone is 1. The number of rotatable bonds is 9. The zero-order valence-corrected chi connectivity index (χ0v) is 10.7. The molecule has 0 aliphatic heterocycles. The average Bonchev–Trinajstić information content (AvgIpc) is 2.29. The van der Waals surface area contributed by atoms with Crippen LogP contribution in [0.25, 0.3) is 0 Å². The van der Waals surface area contributed by atoms with Crippen molar-refractivity contribution < 1.29 is 18.9 Å². The fourth-order valence-electron chi connectivity index (χ4n) is 1.20. The summed E-state index contributed by atoms with van der Waals surface area (Å²) in [5.74, 6) is 1.35. The van der Waals surface area contributed by atoms with Gasteiger partial charge in [-0.2, -0.15) is 0 Å². The molecule has 4 nitrogen and oxygen atoms in total. The Morgan fingerprint density at radius 3 is 2.25 bits per heavy atom. The Morgan fingerprint density at radius 1 is 1.06 bits per heavy atom. The Labute approximate surface area is 97.8 Å². The van der Waals surface area contributed by atoms with Crippen LogP contribution in [-0.2, 0) is 18.9 Å². The Morgan fingerprint density at radius 2 is 1.75 bits per heavy atom. The third-order valence-electron chi connectivity index (χ3n) is 2.06. The highest BCUT2D eigenvalue weighted by atomic mass is 16.5. The smallest absolute Gasteiger partial charge is 0.161 e. The van der Waals surface area contributed by atoms with Gasteiger partial charge in [-0.1, -0.05) is 6.58 Å². The summed E-state index contributed by atoms with van der Waals surface area (Å²) in [6, 6.07) is 0. The maximum Gasteiger partial charge on any atom is 0.161 e. The molecule has 0 saturated carbocycles. The predicted molar refractivity (Wildman–Crippen MR) is 63.2 cm³/mol. The van der Waals surface area contributed by atoms with Gasteiger partial charge in [-0.3, -0.25) is 0 Å². The van der Waals surface area contributed by atoms with Gasteiger partial charge in [-0.25, -0.2) is 0 Å². The van der Waals surface area contributed by atoms with E-state index in [1.54, 1.807) is 21.3 Å². The molecular formula is C12H22O4. The number of methoxy groups -OCH3 is 3. The van der Waals surface area contributed by atoms with Gasteiger partial charge in [0.2, 0.25) is 0 Å². The van der Waals surface area contributed by atoms with Gasteiger partial charge in [-0.15, -0.1) is 0 Å². The van der Waals surface area contributed by atoms with Crippen LogP contribution in [0.1, 0.15) is 13.3 Å². The molecule has 0 spiro atoms. The van der Waals surface area contributed by atoms with Crippen molar-refractivity contribution in [2.24, 2.45) is 0 Å². The quantitative estimate of drug-likeness (QED) is 0.345. The molecule has 94 valence electrons. The lowest BCUT2D eigenvalue weighted by Crippen LogP contribution is -2.06. The summed E-state index contributed by atoms with van der Waals surface area (Å²) in [6.07, 6.45) is 0.874. The molecule has 0 bridgehead atoms. The molecule has 0 unspecified atom stereocenters. The van der Waals surface area contributed by atoms with Crippen molar-refractivity contribution in [2.75, 3.05) is 41.2 Å². The summed E-state index contributed by atoms with van der Waals surface area (Å²) in [5.41, 5.74) is 0.777. The van der Waals surface area contributed by atoms with Crippen LogP contribution < -0.4 is 0 Å². The summed E-state index contributed by atoms with van der Waals surface area (Å²) < 4.78 is 20.6. The van der Waals surface area contributed by atoms with Crippen molar-refractivity contribution in [2.45, 2.75) is 13.3 Å². The van der Waals surface area contributed by atoms with Crippen molar-refractivity contribution in [3.8, 4) is 0 Å². The van der Waals surface area contributed by atoms with E-state index in [0.717, 1.165) is 12.0 Å². The molecule has 4 heteroatoms. The molecule has 0 aromatic carbocycles. The number of ether oxygens (including phenoxy) is 4. The van der Waals surface area contributed by atoms with Gasteiger partial charge in [0.05, 0.1) is 20.8 Å². The van der Waals surface area contributed by atoms with E-state index >= 15 is 0 Å². The van der Waals surface area contributed by atoms with Crippen LogP contribution in [0.15, 0.2) is 23.7 Å². The molecule has 0 aromatic rings. The zero-order chi connectivity index (χ0) is 12.4. The van der Waals surface area contributed by atoms with Crippen LogP contribution >= 0.6 is 0 Å². The first kappa shape index (κ1) is 15.0. The second-order valence-corrected chi connectivity index (χ2v) is 3.30. The van der Waals surface area contributed by atoms with E-state index in [2.05, 4.69) is 6.58 Å². The molecule has 0 radical (unpaired) electrons. The van der Waals surface area contributed by atoms with E-state index < -0.39 is 0 Å². The second-order valence-electron chi connectivity index (χ2n) is 3.30. The molecule has 0 heterocycles. The van der Waals surface area contributed by atoms with Crippen LogP contribution in [0.5, 0.6) is 0 Å². The largest absolute Gasteiger partial charge is 0.498 e. The first-order valence-corrected chi connectivity index (χ1v) is 5.21. The Bertz CT molecular complexity index is 233. The molecule has 0 N–H and O–H groups in total. The highest BCUT2D eigenvalue weighted by molar-refractivity contribution is 5.25. The topological polar surface area (TPSA) is 36.9 Å². The molecule has 0 fully saturated rings. The Balaban J connectivity index is 3.95. The minimum atomic E-state index is 0.438. The number of hydrogen-bond acceptors (Lipinski definition) is 4. The molecule has 0 rings (SSSR count). The van der Waals surface area contributed by atoms with E-state index in [-0.39, 0.29) is 0 Å². The minimum absolute atomic E-state index is 0.438. The molecule has 0 atom stereocenters.